The first-order chi connectivity index (χ1) is 14.8. The van der Waals surface area contributed by atoms with Crippen molar-refractivity contribution in [2.75, 3.05) is 13.7 Å². The standard InChI is InChI=1S/C24H30N2O5/c1-16(2)21(26-23(28)19-8-6-5-7-9-19)24(29)31-17(3)22(27)25-15-14-18-10-12-20(30-4)13-11-18/h5-13,16-17,21H,14-15H2,1-4H3,(H,25,27)(H,26,28)/t17?,21-/m0/s1. The lowest BCUT2D eigenvalue weighted by molar-refractivity contribution is -0.157. The summed E-state index contributed by atoms with van der Waals surface area (Å²) >= 11 is 0. The summed E-state index contributed by atoms with van der Waals surface area (Å²) in [4.78, 5) is 37.3. The molecule has 0 aliphatic rings. The Labute approximate surface area is 183 Å². The maximum atomic E-state index is 12.6. The van der Waals surface area contributed by atoms with E-state index in [0.717, 1.165) is 11.3 Å². The van der Waals surface area contributed by atoms with E-state index < -0.39 is 24.0 Å². The Balaban J connectivity index is 1.84. The third kappa shape index (κ3) is 7.44. The fraction of sp³-hybridized carbons (Fsp3) is 0.375. The van der Waals surface area contributed by atoms with Crippen LogP contribution in [0.2, 0.25) is 0 Å². The first kappa shape index (κ1) is 23.9. The highest BCUT2D eigenvalue weighted by Crippen LogP contribution is 2.12. The molecule has 0 saturated heterocycles. The number of carbonyl (C=O) groups is 3. The second-order valence-electron chi connectivity index (χ2n) is 7.53. The molecule has 0 aromatic heterocycles. The molecule has 2 rings (SSSR count). The van der Waals surface area contributed by atoms with Crippen LogP contribution in [0.25, 0.3) is 0 Å². The molecule has 1 unspecified atom stereocenters. The summed E-state index contributed by atoms with van der Waals surface area (Å²) in [5.74, 6) is -0.832. The van der Waals surface area contributed by atoms with Gasteiger partial charge in [0.1, 0.15) is 11.8 Å². The molecule has 2 aromatic rings. The number of hydrogen-bond acceptors (Lipinski definition) is 5. The lowest BCUT2D eigenvalue weighted by atomic mass is 10.0. The van der Waals surface area contributed by atoms with Crippen LogP contribution in [0.1, 0.15) is 36.7 Å². The van der Waals surface area contributed by atoms with Crippen LogP contribution in [-0.2, 0) is 20.7 Å². The van der Waals surface area contributed by atoms with Crippen LogP contribution in [0, 0.1) is 5.92 Å². The summed E-state index contributed by atoms with van der Waals surface area (Å²) in [6.07, 6.45) is -0.337. The first-order valence-corrected chi connectivity index (χ1v) is 10.3. The zero-order chi connectivity index (χ0) is 22.8. The summed E-state index contributed by atoms with van der Waals surface area (Å²) in [6.45, 7) is 5.52. The molecule has 0 bridgehead atoms. The van der Waals surface area contributed by atoms with Crippen molar-refractivity contribution in [3.8, 4) is 5.75 Å². The van der Waals surface area contributed by atoms with Gasteiger partial charge in [-0.2, -0.15) is 0 Å². The van der Waals surface area contributed by atoms with Gasteiger partial charge in [-0.25, -0.2) is 4.79 Å². The number of ether oxygens (including phenoxy) is 2. The molecule has 2 aromatic carbocycles. The first-order valence-electron chi connectivity index (χ1n) is 10.3. The maximum absolute atomic E-state index is 12.6. The molecule has 0 spiro atoms. The van der Waals surface area contributed by atoms with Gasteiger partial charge in [-0.3, -0.25) is 9.59 Å². The number of nitrogens with one attached hydrogen (secondary N) is 2. The second-order valence-corrected chi connectivity index (χ2v) is 7.53. The lowest BCUT2D eigenvalue weighted by Gasteiger charge is -2.23. The van der Waals surface area contributed by atoms with Gasteiger partial charge in [0.15, 0.2) is 6.10 Å². The quantitative estimate of drug-likeness (QED) is 0.570. The molecule has 0 heterocycles. The number of methoxy groups -OCH3 is 1. The molecule has 31 heavy (non-hydrogen) atoms. The van der Waals surface area contributed by atoms with E-state index in [2.05, 4.69) is 10.6 Å². The summed E-state index contributed by atoms with van der Waals surface area (Å²) < 4.78 is 10.4. The van der Waals surface area contributed by atoms with Crippen LogP contribution >= 0.6 is 0 Å². The Morgan fingerprint density at radius 3 is 2.16 bits per heavy atom. The maximum Gasteiger partial charge on any atom is 0.329 e. The fourth-order valence-electron chi connectivity index (χ4n) is 2.88. The van der Waals surface area contributed by atoms with Gasteiger partial charge in [0, 0.05) is 12.1 Å². The summed E-state index contributed by atoms with van der Waals surface area (Å²) in [5, 5.41) is 5.46. The molecule has 0 radical (unpaired) electrons. The predicted molar refractivity (Wildman–Crippen MR) is 118 cm³/mol. The summed E-state index contributed by atoms with van der Waals surface area (Å²) in [5.41, 5.74) is 1.50. The van der Waals surface area contributed by atoms with E-state index in [9.17, 15) is 14.4 Å². The van der Waals surface area contributed by atoms with Crippen molar-refractivity contribution in [2.24, 2.45) is 5.92 Å². The number of rotatable bonds is 10. The number of amides is 2. The van der Waals surface area contributed by atoms with Crippen molar-refractivity contribution >= 4 is 17.8 Å². The SMILES string of the molecule is COc1ccc(CCNC(=O)C(C)OC(=O)[C@@H](NC(=O)c2ccccc2)C(C)C)cc1. The van der Waals surface area contributed by atoms with Gasteiger partial charge in [-0.05, 0) is 49.1 Å². The normalized spacial score (nSPS) is 12.5. The van der Waals surface area contributed by atoms with Crippen molar-refractivity contribution in [3.05, 3.63) is 65.7 Å². The molecule has 7 heteroatoms. The van der Waals surface area contributed by atoms with E-state index in [4.69, 9.17) is 9.47 Å². The minimum absolute atomic E-state index is 0.203. The minimum atomic E-state index is -0.974. The zero-order valence-electron chi connectivity index (χ0n) is 18.4. The van der Waals surface area contributed by atoms with Crippen LogP contribution in [0.4, 0.5) is 0 Å². The van der Waals surface area contributed by atoms with Crippen molar-refractivity contribution < 1.29 is 23.9 Å². The van der Waals surface area contributed by atoms with E-state index >= 15 is 0 Å². The molecular weight excluding hydrogens is 396 g/mol. The van der Waals surface area contributed by atoms with Gasteiger partial charge in [-0.15, -0.1) is 0 Å². The van der Waals surface area contributed by atoms with Crippen LogP contribution < -0.4 is 15.4 Å². The number of esters is 1. The number of benzene rings is 2. The average molecular weight is 427 g/mol. The van der Waals surface area contributed by atoms with Crippen molar-refractivity contribution in [3.63, 3.8) is 0 Å². The van der Waals surface area contributed by atoms with Crippen molar-refractivity contribution in [1.82, 2.24) is 10.6 Å². The Morgan fingerprint density at radius 2 is 1.58 bits per heavy atom. The van der Waals surface area contributed by atoms with Crippen LogP contribution in [-0.4, -0.2) is 43.6 Å². The Bertz CT molecular complexity index is 865. The summed E-state index contributed by atoms with van der Waals surface area (Å²) in [6, 6.07) is 15.3. The molecule has 0 aliphatic heterocycles. The molecular formula is C24H30N2O5. The minimum Gasteiger partial charge on any atom is -0.497 e. The topological polar surface area (TPSA) is 93.7 Å². The molecule has 2 amide bonds. The van der Waals surface area contributed by atoms with E-state index in [1.807, 2.05) is 24.3 Å². The highest BCUT2D eigenvalue weighted by molar-refractivity contribution is 5.97. The monoisotopic (exact) mass is 426 g/mol. The highest BCUT2D eigenvalue weighted by Gasteiger charge is 2.29. The molecule has 2 N–H and O–H groups in total. The smallest absolute Gasteiger partial charge is 0.329 e. The third-order valence-electron chi connectivity index (χ3n) is 4.78. The molecule has 2 atom stereocenters. The van der Waals surface area contributed by atoms with E-state index in [1.165, 1.54) is 6.92 Å². The molecule has 7 nitrogen and oxygen atoms in total. The second kappa shape index (κ2) is 11.7. The van der Waals surface area contributed by atoms with Crippen molar-refractivity contribution in [2.45, 2.75) is 39.3 Å². The zero-order valence-corrected chi connectivity index (χ0v) is 18.4. The Hall–Kier alpha value is -3.35. The number of carbonyl (C=O) groups excluding carboxylic acids is 3. The third-order valence-corrected chi connectivity index (χ3v) is 4.78. The van der Waals surface area contributed by atoms with Crippen LogP contribution in [0.3, 0.4) is 0 Å². The Morgan fingerprint density at radius 1 is 0.935 bits per heavy atom. The van der Waals surface area contributed by atoms with E-state index in [-0.39, 0.29) is 11.8 Å². The molecule has 166 valence electrons. The van der Waals surface area contributed by atoms with Gasteiger partial charge in [-0.1, -0.05) is 44.2 Å². The predicted octanol–water partition coefficient (Wildman–Crippen LogP) is 2.74. The average Bonchev–Trinajstić information content (AvgIpc) is 2.77. The van der Waals surface area contributed by atoms with Crippen LogP contribution in [0.15, 0.2) is 54.6 Å². The van der Waals surface area contributed by atoms with Gasteiger partial charge < -0.3 is 20.1 Å². The van der Waals surface area contributed by atoms with E-state index in [0.29, 0.717) is 18.5 Å². The van der Waals surface area contributed by atoms with Gasteiger partial charge >= 0.3 is 5.97 Å². The largest absolute Gasteiger partial charge is 0.497 e. The Kier molecular flexibility index (Phi) is 9.06. The number of hydrogen-bond donors (Lipinski definition) is 2. The van der Waals surface area contributed by atoms with Gasteiger partial charge in [0.25, 0.3) is 11.8 Å². The fourth-order valence-corrected chi connectivity index (χ4v) is 2.88. The molecule has 0 aliphatic carbocycles. The lowest BCUT2D eigenvalue weighted by Crippen LogP contribution is -2.47. The van der Waals surface area contributed by atoms with Crippen molar-refractivity contribution in [1.29, 1.82) is 0 Å². The van der Waals surface area contributed by atoms with Gasteiger partial charge in [0.2, 0.25) is 0 Å². The van der Waals surface area contributed by atoms with Crippen LogP contribution in [0.5, 0.6) is 5.75 Å². The van der Waals surface area contributed by atoms with E-state index in [1.54, 1.807) is 51.3 Å². The molecule has 0 fully saturated rings. The molecule has 0 saturated carbocycles. The highest BCUT2D eigenvalue weighted by atomic mass is 16.5. The summed E-state index contributed by atoms with van der Waals surface area (Å²) in [7, 11) is 1.61. The van der Waals surface area contributed by atoms with Gasteiger partial charge in [0.05, 0.1) is 7.11 Å².